The van der Waals surface area contributed by atoms with E-state index in [1.165, 1.54) is 6.20 Å². The third kappa shape index (κ3) is 1.30. The predicted octanol–water partition coefficient (Wildman–Crippen LogP) is 0.246. The zero-order valence-corrected chi connectivity index (χ0v) is 10.6. The van der Waals surface area contributed by atoms with Gasteiger partial charge in [0.05, 0.1) is 21.9 Å². The summed E-state index contributed by atoms with van der Waals surface area (Å²) >= 11 is 0. The van der Waals surface area contributed by atoms with Crippen LogP contribution in [0.4, 0.5) is 0 Å². The number of aliphatic hydroxyl groups is 1. The zero-order valence-electron chi connectivity index (χ0n) is 10.6. The molecule has 1 heterocycles. The number of hydrogen-bond acceptors (Lipinski definition) is 3. The monoisotopic (exact) mass is 250 g/mol. The van der Waals surface area contributed by atoms with E-state index in [0.29, 0.717) is 0 Å². The Kier molecular flexibility index (Phi) is 1.94. The van der Waals surface area contributed by atoms with Gasteiger partial charge in [0.25, 0.3) is 0 Å². The van der Waals surface area contributed by atoms with Gasteiger partial charge in [0.1, 0.15) is 5.69 Å². The summed E-state index contributed by atoms with van der Waals surface area (Å²) in [6.45, 7) is 0. The molecule has 4 rings (SSSR count). The van der Waals surface area contributed by atoms with Gasteiger partial charge < -0.3 is 9.84 Å². The zero-order chi connectivity index (χ0) is 13.5. The number of aromatic amines is 1. The summed E-state index contributed by atoms with van der Waals surface area (Å²) in [6.07, 6.45) is 6.03. The Balaban J connectivity index is 1.60. The standard InChI is InChI=1S/C12H13B3N2O2/c13-11(14,8-9(2-3-9)10(8)4-5-10)12(15,18)19-7-1-6-16-17-7/h1,6,8,18H,2-5H2,(H,16,17). The van der Waals surface area contributed by atoms with Crippen molar-refractivity contribution in [3.63, 3.8) is 0 Å². The first kappa shape index (κ1) is 11.9. The summed E-state index contributed by atoms with van der Waals surface area (Å²) in [5.41, 5.74) is -1.67. The Bertz CT molecular complexity index is 503. The molecule has 2 N–H and O–H groups in total. The van der Waals surface area contributed by atoms with Crippen LogP contribution >= 0.6 is 0 Å². The van der Waals surface area contributed by atoms with Crippen LogP contribution in [0, 0.1) is 16.7 Å². The van der Waals surface area contributed by atoms with E-state index < -0.39 is 10.9 Å². The van der Waals surface area contributed by atoms with Crippen molar-refractivity contribution < 1.29 is 9.84 Å². The van der Waals surface area contributed by atoms with Gasteiger partial charge in [0, 0.05) is 6.07 Å². The van der Waals surface area contributed by atoms with E-state index in [0.717, 1.165) is 25.7 Å². The van der Waals surface area contributed by atoms with E-state index in [9.17, 15) is 5.11 Å². The number of aromatic nitrogens is 2. The number of rotatable bonds is 4. The Labute approximate surface area is 115 Å². The Morgan fingerprint density at radius 1 is 1.26 bits per heavy atom. The van der Waals surface area contributed by atoms with Crippen molar-refractivity contribution >= 4 is 23.5 Å². The van der Waals surface area contributed by atoms with Crippen molar-refractivity contribution in [3.8, 4) is 5.88 Å². The van der Waals surface area contributed by atoms with E-state index in [4.69, 9.17) is 28.3 Å². The summed E-state index contributed by atoms with van der Waals surface area (Å²) in [4.78, 5) is 0. The van der Waals surface area contributed by atoms with Crippen molar-refractivity contribution in [2.75, 3.05) is 0 Å². The minimum atomic E-state index is -2.12. The third-order valence-corrected chi connectivity index (χ3v) is 5.43. The Hall–Kier alpha value is -0.835. The molecular formula is C12H13B3N2O2. The molecule has 92 valence electrons. The molecule has 7 heteroatoms. The molecule has 6 radical (unpaired) electrons. The fourth-order valence-electron chi connectivity index (χ4n) is 4.26. The highest BCUT2D eigenvalue weighted by Crippen LogP contribution is 2.96. The lowest BCUT2D eigenvalue weighted by Gasteiger charge is -2.42. The van der Waals surface area contributed by atoms with Gasteiger partial charge in [-0.25, -0.2) is 5.10 Å². The molecule has 0 bridgehead atoms. The van der Waals surface area contributed by atoms with Crippen molar-refractivity contribution in [1.82, 2.24) is 10.2 Å². The molecule has 3 saturated carbocycles. The minimum Gasteiger partial charge on any atom is -0.457 e. The van der Waals surface area contributed by atoms with Crippen molar-refractivity contribution in [3.05, 3.63) is 12.3 Å². The van der Waals surface area contributed by atoms with Crippen LogP contribution in [-0.4, -0.2) is 44.5 Å². The number of nitrogens with one attached hydrogen (secondary N) is 1. The van der Waals surface area contributed by atoms with Crippen LogP contribution in [0.2, 0.25) is 5.21 Å². The average Bonchev–Trinajstić information content (AvgIpc) is 3.26. The van der Waals surface area contributed by atoms with Crippen molar-refractivity contribution in [2.24, 2.45) is 16.7 Å². The van der Waals surface area contributed by atoms with E-state index in [1.807, 2.05) is 0 Å². The minimum absolute atomic E-state index is 0.0328. The highest BCUT2D eigenvalue weighted by Gasteiger charge is 2.89. The molecule has 1 aromatic heterocycles. The number of H-pyrrole nitrogens is 1. The molecule has 0 aliphatic heterocycles. The van der Waals surface area contributed by atoms with Crippen LogP contribution in [0.1, 0.15) is 25.7 Å². The molecule has 4 nitrogen and oxygen atoms in total. The number of ether oxygens (including phenoxy) is 1. The predicted molar refractivity (Wildman–Crippen MR) is 70.9 cm³/mol. The first-order chi connectivity index (χ1) is 8.86. The van der Waals surface area contributed by atoms with Gasteiger partial charge in [-0.15, -0.1) is 0 Å². The maximum absolute atomic E-state index is 10.4. The maximum Gasteiger partial charge on any atom is 0.210 e. The van der Waals surface area contributed by atoms with Crippen LogP contribution in [0.5, 0.6) is 5.88 Å². The lowest BCUT2D eigenvalue weighted by Crippen LogP contribution is -2.51. The second kappa shape index (κ2) is 3.08. The smallest absolute Gasteiger partial charge is 0.210 e. The fraction of sp³-hybridized carbons (Fsp3) is 0.750. The third-order valence-electron chi connectivity index (χ3n) is 5.43. The maximum atomic E-state index is 10.4. The summed E-state index contributed by atoms with van der Waals surface area (Å²) in [7, 11) is 18.2. The van der Waals surface area contributed by atoms with Crippen LogP contribution in [0.25, 0.3) is 0 Å². The SMILES string of the molecule is [B]C(O)(Oc1ccn[nH]1)C([B])([B])C1C2(CC2)C12CC2. The highest BCUT2D eigenvalue weighted by molar-refractivity contribution is 6.45. The number of fused-ring (bicyclic) bond motifs is 1. The molecule has 3 aliphatic rings. The largest absolute Gasteiger partial charge is 0.457 e. The number of nitrogens with zero attached hydrogens (tertiary/aromatic N) is 1. The summed E-state index contributed by atoms with van der Waals surface area (Å²) in [6, 6.07) is 1.56. The lowest BCUT2D eigenvalue weighted by molar-refractivity contribution is -0.0866. The first-order valence-electron chi connectivity index (χ1n) is 6.63. The molecule has 0 aromatic carbocycles. The quantitative estimate of drug-likeness (QED) is 0.594. The molecular weight excluding hydrogens is 237 g/mol. The Morgan fingerprint density at radius 3 is 2.26 bits per heavy atom. The summed E-state index contributed by atoms with van der Waals surface area (Å²) in [5, 5.41) is 15.2. The van der Waals surface area contributed by atoms with E-state index in [2.05, 4.69) is 10.2 Å². The molecule has 1 unspecified atom stereocenters. The van der Waals surface area contributed by atoms with Gasteiger partial charge in [0.15, 0.2) is 7.85 Å². The molecule has 3 aliphatic carbocycles. The summed E-state index contributed by atoms with van der Waals surface area (Å²) < 4.78 is 5.32. The van der Waals surface area contributed by atoms with Crippen LogP contribution in [0.3, 0.4) is 0 Å². The van der Waals surface area contributed by atoms with Crippen LogP contribution in [-0.2, 0) is 0 Å². The Morgan fingerprint density at radius 2 is 1.84 bits per heavy atom. The second-order valence-corrected chi connectivity index (χ2v) is 6.40. The van der Waals surface area contributed by atoms with E-state index >= 15 is 0 Å². The van der Waals surface area contributed by atoms with Gasteiger partial charge in [-0.05, 0) is 47.6 Å². The van der Waals surface area contributed by atoms with Gasteiger partial charge in [-0.2, -0.15) is 5.10 Å². The molecule has 3 fully saturated rings. The van der Waals surface area contributed by atoms with Crippen LogP contribution < -0.4 is 4.74 Å². The normalized spacial score (nSPS) is 29.1. The first-order valence-corrected chi connectivity index (χ1v) is 6.63. The average molecular weight is 250 g/mol. The molecule has 0 amide bonds. The van der Waals surface area contributed by atoms with Crippen molar-refractivity contribution in [1.29, 1.82) is 0 Å². The van der Waals surface area contributed by atoms with E-state index in [-0.39, 0.29) is 22.6 Å². The van der Waals surface area contributed by atoms with Gasteiger partial charge in [0.2, 0.25) is 5.88 Å². The molecule has 2 spiro atoms. The second-order valence-electron chi connectivity index (χ2n) is 6.40. The summed E-state index contributed by atoms with van der Waals surface area (Å²) in [5.74, 6) is 0.283. The highest BCUT2D eigenvalue weighted by atomic mass is 16.6. The number of hydrogen-bond donors (Lipinski definition) is 2. The van der Waals surface area contributed by atoms with Gasteiger partial charge in [-0.1, -0.05) is 0 Å². The molecule has 1 aromatic rings. The van der Waals surface area contributed by atoms with Gasteiger partial charge in [-0.3, -0.25) is 0 Å². The topological polar surface area (TPSA) is 58.1 Å². The fourth-order valence-corrected chi connectivity index (χ4v) is 4.26. The lowest BCUT2D eigenvalue weighted by atomic mass is 9.42. The van der Waals surface area contributed by atoms with Crippen molar-refractivity contribution in [2.45, 2.75) is 36.6 Å². The van der Waals surface area contributed by atoms with E-state index in [1.54, 1.807) is 6.07 Å². The molecule has 19 heavy (non-hydrogen) atoms. The van der Waals surface area contributed by atoms with Gasteiger partial charge >= 0.3 is 0 Å². The van der Waals surface area contributed by atoms with Crippen LogP contribution in [0.15, 0.2) is 12.3 Å². The molecule has 1 atom stereocenters. The molecule has 0 saturated heterocycles.